The Hall–Kier alpha value is -5.20. The number of benzene rings is 4. The Morgan fingerprint density at radius 2 is 1.22 bits per heavy atom. The van der Waals surface area contributed by atoms with Crippen molar-refractivity contribution in [2.45, 2.75) is 71.6 Å². The van der Waals surface area contributed by atoms with Gasteiger partial charge in [-0.25, -0.2) is 9.97 Å². The van der Waals surface area contributed by atoms with Crippen molar-refractivity contribution in [3.63, 3.8) is 0 Å². The lowest BCUT2D eigenvalue weighted by atomic mass is 9.86. The molecular weight excluding hydrogens is 647 g/mol. The SMILES string of the molecule is CC(C)(C)c1ccc(N(c2ccc(C(C)(C)C)cc2)c2cnc3c(n2)C(C)(C)c2cc(C=C4C(=O)c5cc6ccccc6cc5C4=O)sc2-3)cc1. The summed E-state index contributed by atoms with van der Waals surface area (Å²) in [5, 5.41) is 1.90. The first kappa shape index (κ1) is 33.0. The molecule has 51 heavy (non-hydrogen) atoms. The molecule has 2 aromatic heterocycles. The summed E-state index contributed by atoms with van der Waals surface area (Å²) in [5.41, 5.74) is 8.22. The van der Waals surface area contributed by atoms with Crippen molar-refractivity contribution in [2.24, 2.45) is 0 Å². The van der Waals surface area contributed by atoms with Crippen molar-refractivity contribution in [1.29, 1.82) is 0 Å². The van der Waals surface area contributed by atoms with Crippen molar-refractivity contribution >= 4 is 56.9 Å². The fraction of sp³-hybridized carbons (Fsp3) is 0.244. The minimum Gasteiger partial charge on any atom is -0.294 e. The average molecular weight is 688 g/mol. The van der Waals surface area contributed by atoms with E-state index in [1.54, 1.807) is 17.4 Å². The number of fused-ring (bicyclic) bond motifs is 5. The number of ketones is 2. The minimum absolute atomic E-state index is 0.0400. The second kappa shape index (κ2) is 11.4. The molecule has 0 bridgehead atoms. The topological polar surface area (TPSA) is 63.2 Å². The van der Waals surface area contributed by atoms with E-state index in [2.05, 4.69) is 115 Å². The Bertz CT molecular complexity index is 2320. The lowest BCUT2D eigenvalue weighted by Crippen LogP contribution is -2.20. The maximum Gasteiger partial charge on any atom is 0.197 e. The van der Waals surface area contributed by atoms with Gasteiger partial charge >= 0.3 is 0 Å². The lowest BCUT2D eigenvalue weighted by Gasteiger charge is -2.28. The molecule has 2 aliphatic rings. The van der Waals surface area contributed by atoms with Gasteiger partial charge in [-0.15, -0.1) is 11.3 Å². The number of carbonyl (C=O) groups excluding carboxylic acids is 2. The van der Waals surface area contributed by atoms with Gasteiger partial charge in [0.2, 0.25) is 0 Å². The summed E-state index contributed by atoms with van der Waals surface area (Å²) in [6.07, 6.45) is 3.63. The monoisotopic (exact) mass is 687 g/mol. The second-order valence-corrected chi connectivity index (χ2v) is 17.4. The standard InChI is InChI=1S/C45H41N3O2S/c1-43(2,3)28-13-17-30(18-14-28)48(31-19-15-29(16-20-31)44(4,5)6)37-25-46-38-41-36(45(7,8)42(38)47-37)24-32(51-41)23-35-39(49)33-21-26-11-9-10-12-27(26)22-34(33)40(35)50/h9-25H,1-8H3. The number of hydrogen-bond acceptors (Lipinski definition) is 6. The van der Waals surface area contributed by atoms with Crippen LogP contribution in [-0.2, 0) is 16.2 Å². The highest BCUT2D eigenvalue weighted by Crippen LogP contribution is 2.52. The number of carbonyl (C=O) groups is 2. The Balaban J connectivity index is 1.18. The maximum atomic E-state index is 13.5. The quantitative estimate of drug-likeness (QED) is 0.136. The summed E-state index contributed by atoms with van der Waals surface area (Å²) in [7, 11) is 0. The summed E-state index contributed by atoms with van der Waals surface area (Å²) in [6.45, 7) is 17.7. The molecule has 0 amide bonds. The van der Waals surface area contributed by atoms with E-state index in [9.17, 15) is 9.59 Å². The predicted molar refractivity (Wildman–Crippen MR) is 210 cm³/mol. The van der Waals surface area contributed by atoms with E-state index >= 15 is 0 Å². The Morgan fingerprint density at radius 3 is 1.71 bits per heavy atom. The van der Waals surface area contributed by atoms with E-state index in [-0.39, 0.29) is 28.0 Å². The number of nitrogens with zero attached hydrogens (tertiary/aromatic N) is 3. The molecule has 6 heteroatoms. The van der Waals surface area contributed by atoms with Crippen molar-refractivity contribution < 1.29 is 9.59 Å². The van der Waals surface area contributed by atoms with E-state index in [0.717, 1.165) is 54.7 Å². The third-order valence-corrected chi connectivity index (χ3v) is 11.4. The smallest absolute Gasteiger partial charge is 0.197 e. The van der Waals surface area contributed by atoms with Crippen molar-refractivity contribution in [3.05, 3.63) is 141 Å². The van der Waals surface area contributed by atoms with Crippen LogP contribution in [0.4, 0.5) is 17.2 Å². The van der Waals surface area contributed by atoms with E-state index in [4.69, 9.17) is 9.97 Å². The van der Waals surface area contributed by atoms with Crippen LogP contribution >= 0.6 is 11.3 Å². The number of Topliss-reactive ketones (excluding diaryl/α,β-unsaturated/α-hetero) is 2. The molecule has 0 saturated heterocycles. The molecule has 0 N–H and O–H groups in total. The number of hydrogen-bond donors (Lipinski definition) is 0. The first-order valence-corrected chi connectivity index (χ1v) is 18.3. The largest absolute Gasteiger partial charge is 0.294 e. The molecule has 0 fully saturated rings. The molecule has 0 saturated carbocycles. The summed E-state index contributed by atoms with van der Waals surface area (Å²) in [6, 6.07) is 31.1. The van der Waals surface area contributed by atoms with Crippen LogP contribution in [0.15, 0.2) is 103 Å². The fourth-order valence-corrected chi connectivity index (χ4v) is 8.52. The maximum absolute atomic E-state index is 13.5. The van der Waals surface area contributed by atoms with E-state index in [0.29, 0.717) is 11.1 Å². The third kappa shape index (κ3) is 5.44. The zero-order chi connectivity index (χ0) is 36.0. The van der Waals surface area contributed by atoms with Gasteiger partial charge in [-0.1, -0.05) is 104 Å². The van der Waals surface area contributed by atoms with Gasteiger partial charge in [0, 0.05) is 32.8 Å². The molecule has 8 rings (SSSR count). The van der Waals surface area contributed by atoms with Crippen LogP contribution in [0, 0.1) is 0 Å². The van der Waals surface area contributed by atoms with Gasteiger partial charge < -0.3 is 0 Å². The number of anilines is 3. The highest BCUT2D eigenvalue weighted by Gasteiger charge is 2.41. The van der Waals surface area contributed by atoms with Crippen LogP contribution in [0.2, 0.25) is 0 Å². The average Bonchev–Trinajstić information content (AvgIpc) is 3.69. The first-order chi connectivity index (χ1) is 24.1. The molecule has 2 heterocycles. The highest BCUT2D eigenvalue weighted by molar-refractivity contribution is 7.16. The molecule has 0 radical (unpaired) electrons. The first-order valence-electron chi connectivity index (χ1n) is 17.5. The minimum atomic E-state index is -0.441. The molecule has 0 unspecified atom stereocenters. The van der Waals surface area contributed by atoms with Crippen LogP contribution in [0.25, 0.3) is 27.4 Å². The van der Waals surface area contributed by atoms with Gasteiger partial charge in [0.1, 0.15) is 5.69 Å². The van der Waals surface area contributed by atoms with Crippen LogP contribution in [0.1, 0.15) is 103 Å². The number of rotatable bonds is 4. The van der Waals surface area contributed by atoms with Crippen LogP contribution in [-0.4, -0.2) is 21.5 Å². The van der Waals surface area contributed by atoms with Crippen molar-refractivity contribution in [3.8, 4) is 10.6 Å². The van der Waals surface area contributed by atoms with Crippen LogP contribution in [0.3, 0.4) is 0 Å². The molecule has 4 aromatic carbocycles. The molecule has 6 aromatic rings. The zero-order valence-corrected chi connectivity index (χ0v) is 31.2. The van der Waals surface area contributed by atoms with E-state index in [1.807, 2.05) is 42.6 Å². The van der Waals surface area contributed by atoms with Gasteiger partial charge in [0.25, 0.3) is 0 Å². The fourth-order valence-electron chi connectivity index (χ4n) is 7.26. The molecule has 0 aliphatic heterocycles. The molecule has 2 aliphatic carbocycles. The summed E-state index contributed by atoms with van der Waals surface area (Å²) in [4.78, 5) is 41.5. The molecule has 0 atom stereocenters. The summed E-state index contributed by atoms with van der Waals surface area (Å²) < 4.78 is 0. The molecule has 5 nitrogen and oxygen atoms in total. The van der Waals surface area contributed by atoms with Gasteiger partial charge in [-0.3, -0.25) is 14.5 Å². The number of aromatic nitrogens is 2. The van der Waals surface area contributed by atoms with E-state index in [1.165, 1.54) is 11.1 Å². The highest BCUT2D eigenvalue weighted by atomic mass is 32.1. The summed E-state index contributed by atoms with van der Waals surface area (Å²) in [5.74, 6) is 0.313. The molecular formula is C45H41N3O2S. The van der Waals surface area contributed by atoms with Gasteiger partial charge in [0.05, 0.1) is 22.3 Å². The number of thiophene rings is 1. The van der Waals surface area contributed by atoms with Gasteiger partial charge in [0.15, 0.2) is 17.4 Å². The zero-order valence-electron chi connectivity index (χ0n) is 30.4. The summed E-state index contributed by atoms with van der Waals surface area (Å²) >= 11 is 1.56. The van der Waals surface area contributed by atoms with Crippen LogP contribution < -0.4 is 4.90 Å². The van der Waals surface area contributed by atoms with Gasteiger partial charge in [-0.05, 0) is 86.8 Å². The van der Waals surface area contributed by atoms with E-state index < -0.39 is 5.41 Å². The lowest BCUT2D eigenvalue weighted by molar-refractivity contribution is 0.0990. The van der Waals surface area contributed by atoms with Crippen LogP contribution in [0.5, 0.6) is 0 Å². The third-order valence-electron chi connectivity index (χ3n) is 10.4. The molecule has 0 spiro atoms. The number of allylic oxidation sites excluding steroid dienone is 1. The Morgan fingerprint density at radius 1 is 0.706 bits per heavy atom. The Kier molecular flexibility index (Phi) is 7.38. The normalized spacial score (nSPS) is 14.9. The Labute approximate surface area is 303 Å². The second-order valence-electron chi connectivity index (χ2n) is 16.3. The van der Waals surface area contributed by atoms with Gasteiger partial charge in [-0.2, -0.15) is 0 Å². The molecule has 254 valence electrons. The van der Waals surface area contributed by atoms with Crippen molar-refractivity contribution in [1.82, 2.24) is 9.97 Å². The van der Waals surface area contributed by atoms with Crippen molar-refractivity contribution in [2.75, 3.05) is 4.90 Å². The predicted octanol–water partition coefficient (Wildman–Crippen LogP) is 11.5.